The van der Waals surface area contributed by atoms with Gasteiger partial charge in [-0.15, -0.1) is 0 Å². The molecule has 1 aromatic heterocycles. The fraction of sp³-hybridized carbons (Fsp3) is 0.375. The maximum Gasteiger partial charge on any atom is 0.343 e. The molecule has 0 radical (unpaired) electrons. The number of anilines is 1. The Morgan fingerprint density at radius 2 is 1.87 bits per heavy atom. The van der Waals surface area contributed by atoms with Gasteiger partial charge in [-0.2, -0.15) is 0 Å². The Kier molecular flexibility index (Phi) is 4.28. The number of carboxylic acids is 1. The SMILES string of the molecule is C[C@@H]1CN(c2noc(-c3ccc(Cl)cc3)c2C(=O)O)C[C@H](C)O1. The molecule has 3 rings (SSSR count). The maximum absolute atomic E-state index is 11.8. The second-order valence-corrected chi connectivity index (χ2v) is 6.12. The van der Waals surface area contributed by atoms with Gasteiger partial charge in [-0.3, -0.25) is 0 Å². The Balaban J connectivity index is 2.02. The molecule has 0 saturated carbocycles. The highest BCUT2D eigenvalue weighted by Crippen LogP contribution is 2.33. The molecule has 2 heterocycles. The molecule has 0 aliphatic carbocycles. The van der Waals surface area contributed by atoms with Crippen LogP contribution in [0.25, 0.3) is 11.3 Å². The first-order chi connectivity index (χ1) is 11.0. The summed E-state index contributed by atoms with van der Waals surface area (Å²) in [5, 5.41) is 14.2. The van der Waals surface area contributed by atoms with Gasteiger partial charge in [0.1, 0.15) is 0 Å². The maximum atomic E-state index is 11.8. The number of carbonyl (C=O) groups is 1. The summed E-state index contributed by atoms with van der Waals surface area (Å²) in [6.45, 7) is 5.03. The number of benzene rings is 1. The van der Waals surface area contributed by atoms with Crippen LogP contribution in [-0.4, -0.2) is 41.5 Å². The van der Waals surface area contributed by atoms with Gasteiger partial charge in [0.05, 0.1) is 12.2 Å². The minimum Gasteiger partial charge on any atom is -0.477 e. The van der Waals surface area contributed by atoms with Crippen molar-refractivity contribution in [2.24, 2.45) is 0 Å². The van der Waals surface area contributed by atoms with E-state index in [1.165, 1.54) is 0 Å². The first kappa shape index (κ1) is 15.8. The van der Waals surface area contributed by atoms with Crippen molar-refractivity contribution in [3.63, 3.8) is 0 Å². The molecule has 1 saturated heterocycles. The average Bonchev–Trinajstić information content (AvgIpc) is 2.92. The normalized spacial score (nSPS) is 21.4. The molecule has 0 spiro atoms. The molecule has 2 aromatic rings. The first-order valence-corrected chi connectivity index (χ1v) is 7.73. The Bertz CT molecular complexity index is 703. The molecule has 1 aromatic carbocycles. The highest BCUT2D eigenvalue weighted by molar-refractivity contribution is 6.30. The van der Waals surface area contributed by atoms with Crippen molar-refractivity contribution in [3.05, 3.63) is 34.9 Å². The van der Waals surface area contributed by atoms with E-state index >= 15 is 0 Å². The summed E-state index contributed by atoms with van der Waals surface area (Å²) in [6, 6.07) is 6.79. The Hall–Kier alpha value is -2.05. The van der Waals surface area contributed by atoms with Crippen LogP contribution in [0.5, 0.6) is 0 Å². The molecule has 1 N–H and O–H groups in total. The molecule has 0 amide bonds. The van der Waals surface area contributed by atoms with E-state index in [1.807, 2.05) is 18.7 Å². The van der Waals surface area contributed by atoms with Crippen LogP contribution in [0.4, 0.5) is 5.82 Å². The molecule has 1 aliphatic rings. The topological polar surface area (TPSA) is 75.8 Å². The largest absolute Gasteiger partial charge is 0.477 e. The molecule has 7 heteroatoms. The van der Waals surface area contributed by atoms with Crippen LogP contribution < -0.4 is 4.90 Å². The van der Waals surface area contributed by atoms with Crippen LogP contribution >= 0.6 is 11.6 Å². The number of aromatic carboxylic acids is 1. The standard InChI is InChI=1S/C16H17ClN2O4/c1-9-7-19(8-10(2)22-9)15-13(16(20)21)14(23-18-15)11-3-5-12(17)6-4-11/h3-6,9-10H,7-8H2,1-2H3,(H,20,21)/t9-,10+. The van der Waals surface area contributed by atoms with Gasteiger partial charge < -0.3 is 19.3 Å². The summed E-state index contributed by atoms with van der Waals surface area (Å²) in [7, 11) is 0. The lowest BCUT2D eigenvalue weighted by Crippen LogP contribution is -2.46. The van der Waals surface area contributed by atoms with E-state index in [0.29, 0.717) is 29.5 Å². The number of carboxylic acid groups (broad SMARTS) is 1. The van der Waals surface area contributed by atoms with Gasteiger partial charge in [0.25, 0.3) is 0 Å². The smallest absolute Gasteiger partial charge is 0.343 e. The summed E-state index contributed by atoms with van der Waals surface area (Å²) >= 11 is 5.88. The van der Waals surface area contributed by atoms with Crippen molar-refractivity contribution in [1.82, 2.24) is 5.16 Å². The third-order valence-electron chi connectivity index (χ3n) is 3.71. The predicted octanol–water partition coefficient (Wildman–Crippen LogP) is 3.31. The van der Waals surface area contributed by atoms with Crippen LogP contribution in [0, 0.1) is 0 Å². The molecule has 1 aliphatic heterocycles. The number of rotatable bonds is 3. The second kappa shape index (κ2) is 6.22. The minimum absolute atomic E-state index is 0.00363. The highest BCUT2D eigenvalue weighted by atomic mass is 35.5. The van der Waals surface area contributed by atoms with Crippen molar-refractivity contribution in [2.45, 2.75) is 26.1 Å². The zero-order valence-corrected chi connectivity index (χ0v) is 13.6. The summed E-state index contributed by atoms with van der Waals surface area (Å²) < 4.78 is 11.0. The summed E-state index contributed by atoms with van der Waals surface area (Å²) in [5.41, 5.74) is 0.688. The summed E-state index contributed by atoms with van der Waals surface area (Å²) in [4.78, 5) is 13.7. The van der Waals surface area contributed by atoms with E-state index in [-0.39, 0.29) is 23.5 Å². The monoisotopic (exact) mass is 336 g/mol. The number of aromatic nitrogens is 1. The fourth-order valence-corrected chi connectivity index (χ4v) is 2.97. The van der Waals surface area contributed by atoms with E-state index in [9.17, 15) is 9.90 Å². The van der Waals surface area contributed by atoms with Gasteiger partial charge in [-0.05, 0) is 38.1 Å². The van der Waals surface area contributed by atoms with Crippen LogP contribution in [0.3, 0.4) is 0 Å². The number of hydrogen-bond donors (Lipinski definition) is 1. The lowest BCUT2D eigenvalue weighted by molar-refractivity contribution is -0.00569. The van der Waals surface area contributed by atoms with Crippen molar-refractivity contribution >= 4 is 23.4 Å². The van der Waals surface area contributed by atoms with Gasteiger partial charge in [-0.25, -0.2) is 4.79 Å². The van der Waals surface area contributed by atoms with E-state index in [1.54, 1.807) is 24.3 Å². The summed E-state index contributed by atoms with van der Waals surface area (Å²) in [5.74, 6) is -0.501. The molecule has 6 nitrogen and oxygen atoms in total. The van der Waals surface area contributed by atoms with Crippen molar-refractivity contribution in [1.29, 1.82) is 0 Å². The van der Waals surface area contributed by atoms with Crippen molar-refractivity contribution < 1.29 is 19.2 Å². The van der Waals surface area contributed by atoms with Crippen LogP contribution in [-0.2, 0) is 4.74 Å². The number of nitrogens with zero attached hydrogens (tertiary/aromatic N) is 2. The Labute approximate surface area is 138 Å². The fourth-order valence-electron chi connectivity index (χ4n) is 2.84. The van der Waals surface area contributed by atoms with Crippen LogP contribution in [0.1, 0.15) is 24.2 Å². The number of morpholine rings is 1. The van der Waals surface area contributed by atoms with Crippen molar-refractivity contribution in [3.8, 4) is 11.3 Å². The van der Waals surface area contributed by atoms with E-state index < -0.39 is 5.97 Å². The van der Waals surface area contributed by atoms with E-state index in [0.717, 1.165) is 0 Å². The third-order valence-corrected chi connectivity index (χ3v) is 3.97. The second-order valence-electron chi connectivity index (χ2n) is 5.68. The zero-order chi connectivity index (χ0) is 16.6. The number of hydrogen-bond acceptors (Lipinski definition) is 5. The molecular weight excluding hydrogens is 320 g/mol. The predicted molar refractivity (Wildman–Crippen MR) is 86.1 cm³/mol. The van der Waals surface area contributed by atoms with Gasteiger partial charge in [0.15, 0.2) is 17.1 Å². The quantitative estimate of drug-likeness (QED) is 0.926. The van der Waals surface area contributed by atoms with E-state index in [4.69, 9.17) is 20.9 Å². The van der Waals surface area contributed by atoms with Gasteiger partial charge in [0.2, 0.25) is 0 Å². The lowest BCUT2D eigenvalue weighted by atomic mass is 10.1. The first-order valence-electron chi connectivity index (χ1n) is 7.35. The molecule has 23 heavy (non-hydrogen) atoms. The van der Waals surface area contributed by atoms with Crippen LogP contribution in [0.2, 0.25) is 5.02 Å². The Morgan fingerprint density at radius 1 is 1.26 bits per heavy atom. The third kappa shape index (κ3) is 3.18. The lowest BCUT2D eigenvalue weighted by Gasteiger charge is -2.35. The molecule has 0 unspecified atom stereocenters. The van der Waals surface area contributed by atoms with Gasteiger partial charge in [-0.1, -0.05) is 16.8 Å². The molecule has 0 bridgehead atoms. The summed E-state index contributed by atoms with van der Waals surface area (Å²) in [6.07, 6.45) is -0.00727. The molecule has 1 fully saturated rings. The Morgan fingerprint density at radius 3 is 2.43 bits per heavy atom. The van der Waals surface area contributed by atoms with E-state index in [2.05, 4.69) is 5.16 Å². The molecule has 2 atom stereocenters. The molecular formula is C16H17ClN2O4. The zero-order valence-electron chi connectivity index (χ0n) is 12.8. The minimum atomic E-state index is -1.07. The highest BCUT2D eigenvalue weighted by Gasteiger charge is 2.31. The number of ether oxygens (including phenoxy) is 1. The molecule has 122 valence electrons. The average molecular weight is 337 g/mol. The van der Waals surface area contributed by atoms with Gasteiger partial charge >= 0.3 is 5.97 Å². The van der Waals surface area contributed by atoms with Crippen molar-refractivity contribution in [2.75, 3.05) is 18.0 Å². The number of halogens is 1. The van der Waals surface area contributed by atoms with Gasteiger partial charge in [0, 0.05) is 23.7 Å². The van der Waals surface area contributed by atoms with Crippen LogP contribution in [0.15, 0.2) is 28.8 Å².